The van der Waals surface area contributed by atoms with Gasteiger partial charge in [0, 0.05) is 30.3 Å². The zero-order valence-electron chi connectivity index (χ0n) is 15.9. The van der Waals surface area contributed by atoms with Crippen LogP contribution in [-0.4, -0.2) is 34.6 Å². The third kappa shape index (κ3) is 4.21. The number of aromatic nitrogens is 2. The van der Waals surface area contributed by atoms with Gasteiger partial charge in [0.2, 0.25) is 5.95 Å². The minimum atomic E-state index is -0.515. The van der Waals surface area contributed by atoms with Crippen LogP contribution in [0.3, 0.4) is 0 Å². The van der Waals surface area contributed by atoms with Gasteiger partial charge >= 0.3 is 5.97 Å². The number of carbonyl (C=O) groups excluding carboxylic acids is 1. The Kier molecular flexibility index (Phi) is 4.82. The summed E-state index contributed by atoms with van der Waals surface area (Å²) >= 11 is 0. The summed E-state index contributed by atoms with van der Waals surface area (Å²) in [5, 5.41) is 0. The maximum absolute atomic E-state index is 12.1. The summed E-state index contributed by atoms with van der Waals surface area (Å²) in [6.07, 6.45) is 0.884. The number of rotatable bonds is 3. The number of anilines is 4. The number of nitrogen functional groups attached to an aromatic ring is 3. The van der Waals surface area contributed by atoms with Gasteiger partial charge in [-0.25, -0.2) is 4.79 Å². The lowest BCUT2D eigenvalue weighted by molar-refractivity contribution is 0.00695. The Balaban J connectivity index is 1.72. The number of ether oxygens (including phenoxy) is 1. The van der Waals surface area contributed by atoms with Crippen LogP contribution < -0.4 is 22.1 Å². The minimum absolute atomic E-state index is 0.0846. The standard InChI is InChI=1S/C19H26N6O2/c1-19(2,3)27-17(26)11-4-6-13(7-5-11)25-9-8-12(10-25)14-15(20)23-18(22)24-16(14)21/h4-7,12H,8-10H2,1-3H3,(H6,20,21,22,23,24). The quantitative estimate of drug-likeness (QED) is 0.700. The molecule has 1 unspecified atom stereocenters. The Morgan fingerprint density at radius 3 is 2.26 bits per heavy atom. The molecule has 1 saturated heterocycles. The van der Waals surface area contributed by atoms with Gasteiger partial charge in [0.05, 0.1) is 5.56 Å². The molecule has 0 spiro atoms. The van der Waals surface area contributed by atoms with Crippen molar-refractivity contribution in [2.75, 3.05) is 35.2 Å². The van der Waals surface area contributed by atoms with Crippen LogP contribution in [0.4, 0.5) is 23.3 Å². The van der Waals surface area contributed by atoms with Crippen LogP contribution >= 0.6 is 0 Å². The first-order valence-electron chi connectivity index (χ1n) is 8.91. The van der Waals surface area contributed by atoms with E-state index in [1.807, 2.05) is 32.9 Å². The number of hydrogen-bond acceptors (Lipinski definition) is 8. The molecule has 1 fully saturated rings. The molecule has 0 radical (unpaired) electrons. The van der Waals surface area contributed by atoms with Crippen LogP contribution in [0.15, 0.2) is 24.3 Å². The van der Waals surface area contributed by atoms with E-state index >= 15 is 0 Å². The maximum atomic E-state index is 12.1. The smallest absolute Gasteiger partial charge is 0.338 e. The molecule has 1 aromatic heterocycles. The number of nitrogens with zero attached hydrogens (tertiary/aromatic N) is 3. The Bertz CT molecular complexity index is 821. The van der Waals surface area contributed by atoms with Gasteiger partial charge in [-0.1, -0.05) is 0 Å². The molecule has 2 heterocycles. The van der Waals surface area contributed by atoms with Crippen LogP contribution in [0.25, 0.3) is 0 Å². The molecule has 8 nitrogen and oxygen atoms in total. The van der Waals surface area contributed by atoms with Crippen LogP contribution in [0.2, 0.25) is 0 Å². The van der Waals surface area contributed by atoms with Gasteiger partial charge in [0.15, 0.2) is 0 Å². The highest BCUT2D eigenvalue weighted by molar-refractivity contribution is 5.90. The van der Waals surface area contributed by atoms with Gasteiger partial charge in [0.25, 0.3) is 0 Å². The lowest BCUT2D eigenvalue weighted by Gasteiger charge is -2.21. The predicted octanol–water partition coefficient (Wildman–Crippen LogP) is 2.17. The second-order valence-electron chi connectivity index (χ2n) is 7.75. The number of nitrogens with two attached hydrogens (primary N) is 3. The predicted molar refractivity (Wildman–Crippen MR) is 106 cm³/mol. The molecule has 2 aromatic rings. The van der Waals surface area contributed by atoms with Crippen molar-refractivity contribution in [2.45, 2.75) is 38.7 Å². The van der Waals surface area contributed by atoms with Crippen LogP contribution in [0, 0.1) is 0 Å². The maximum Gasteiger partial charge on any atom is 0.338 e. The van der Waals surface area contributed by atoms with Crippen molar-refractivity contribution in [3.8, 4) is 0 Å². The van der Waals surface area contributed by atoms with Gasteiger partial charge in [-0.15, -0.1) is 0 Å². The first-order chi connectivity index (χ1) is 12.6. The molecule has 1 aromatic carbocycles. The van der Waals surface area contributed by atoms with E-state index in [-0.39, 0.29) is 17.8 Å². The van der Waals surface area contributed by atoms with Crippen LogP contribution in [0.5, 0.6) is 0 Å². The fourth-order valence-electron chi connectivity index (χ4n) is 3.32. The summed E-state index contributed by atoms with van der Waals surface area (Å²) in [5.74, 6) is 0.574. The topological polar surface area (TPSA) is 133 Å². The molecule has 1 atom stereocenters. The van der Waals surface area contributed by atoms with E-state index in [0.29, 0.717) is 17.2 Å². The van der Waals surface area contributed by atoms with E-state index in [4.69, 9.17) is 21.9 Å². The number of hydrogen-bond donors (Lipinski definition) is 3. The van der Waals surface area contributed by atoms with Crippen molar-refractivity contribution in [3.63, 3.8) is 0 Å². The molecular weight excluding hydrogens is 344 g/mol. The number of esters is 1. The Morgan fingerprint density at radius 1 is 1.11 bits per heavy atom. The molecule has 0 aliphatic carbocycles. The van der Waals surface area contributed by atoms with Crippen molar-refractivity contribution in [1.82, 2.24) is 9.97 Å². The summed E-state index contributed by atoms with van der Waals surface area (Å²) in [6, 6.07) is 7.42. The molecule has 27 heavy (non-hydrogen) atoms. The summed E-state index contributed by atoms with van der Waals surface area (Å²) in [6.45, 7) is 7.14. The molecular formula is C19H26N6O2. The summed E-state index contributed by atoms with van der Waals surface area (Å²) < 4.78 is 5.40. The molecule has 1 aliphatic rings. The Labute approximate surface area is 158 Å². The SMILES string of the molecule is CC(C)(C)OC(=O)c1ccc(N2CCC(c3c(N)nc(N)nc3N)C2)cc1. The Hall–Kier alpha value is -3.03. The molecule has 8 heteroatoms. The van der Waals surface area contributed by atoms with E-state index in [1.165, 1.54) is 0 Å². The molecule has 0 saturated carbocycles. The van der Waals surface area contributed by atoms with Gasteiger partial charge in [-0.2, -0.15) is 9.97 Å². The van der Waals surface area contributed by atoms with E-state index < -0.39 is 5.60 Å². The summed E-state index contributed by atoms with van der Waals surface area (Å²) in [4.78, 5) is 22.4. The van der Waals surface area contributed by atoms with Crippen molar-refractivity contribution in [1.29, 1.82) is 0 Å². The van der Waals surface area contributed by atoms with E-state index in [9.17, 15) is 4.79 Å². The highest BCUT2D eigenvalue weighted by Gasteiger charge is 2.29. The van der Waals surface area contributed by atoms with E-state index in [1.54, 1.807) is 12.1 Å². The molecule has 1 aliphatic heterocycles. The van der Waals surface area contributed by atoms with Crippen molar-refractivity contribution in [2.24, 2.45) is 0 Å². The fourth-order valence-corrected chi connectivity index (χ4v) is 3.32. The molecule has 6 N–H and O–H groups in total. The average molecular weight is 370 g/mol. The highest BCUT2D eigenvalue weighted by Crippen LogP contribution is 2.35. The zero-order chi connectivity index (χ0) is 19.8. The zero-order valence-corrected chi connectivity index (χ0v) is 15.9. The van der Waals surface area contributed by atoms with Crippen molar-refractivity contribution in [3.05, 3.63) is 35.4 Å². The van der Waals surface area contributed by atoms with E-state index in [2.05, 4.69) is 14.9 Å². The first kappa shape index (κ1) is 18.8. The second-order valence-corrected chi connectivity index (χ2v) is 7.75. The first-order valence-corrected chi connectivity index (χ1v) is 8.91. The highest BCUT2D eigenvalue weighted by atomic mass is 16.6. The van der Waals surface area contributed by atoms with Gasteiger partial charge in [0.1, 0.15) is 17.2 Å². The third-order valence-corrected chi connectivity index (χ3v) is 4.49. The van der Waals surface area contributed by atoms with Gasteiger partial charge in [-0.3, -0.25) is 0 Å². The van der Waals surface area contributed by atoms with Crippen LogP contribution in [-0.2, 0) is 4.74 Å². The van der Waals surface area contributed by atoms with E-state index in [0.717, 1.165) is 30.8 Å². The fraction of sp³-hybridized carbons (Fsp3) is 0.421. The largest absolute Gasteiger partial charge is 0.456 e. The van der Waals surface area contributed by atoms with Gasteiger partial charge in [-0.05, 0) is 51.5 Å². The number of benzene rings is 1. The monoisotopic (exact) mass is 370 g/mol. The molecule has 3 rings (SSSR count). The Morgan fingerprint density at radius 2 is 1.70 bits per heavy atom. The summed E-state index contributed by atoms with van der Waals surface area (Å²) in [5.41, 5.74) is 19.4. The second kappa shape index (κ2) is 6.94. The van der Waals surface area contributed by atoms with Gasteiger partial charge < -0.3 is 26.8 Å². The molecule has 0 bridgehead atoms. The third-order valence-electron chi connectivity index (χ3n) is 4.49. The summed E-state index contributed by atoms with van der Waals surface area (Å²) in [7, 11) is 0. The lowest BCUT2D eigenvalue weighted by Crippen LogP contribution is -2.24. The van der Waals surface area contributed by atoms with Crippen molar-refractivity contribution < 1.29 is 9.53 Å². The normalized spacial score (nSPS) is 17.1. The molecule has 144 valence electrons. The van der Waals surface area contributed by atoms with Crippen molar-refractivity contribution >= 4 is 29.2 Å². The molecule has 0 amide bonds. The lowest BCUT2D eigenvalue weighted by atomic mass is 9.99. The number of carbonyl (C=O) groups is 1. The van der Waals surface area contributed by atoms with Crippen LogP contribution in [0.1, 0.15) is 49.0 Å². The average Bonchev–Trinajstić information content (AvgIpc) is 3.02. The minimum Gasteiger partial charge on any atom is -0.456 e.